The standard InChI is InChI=1S/C18H14N2O3/c19-10-15(18(21)20-11-16-5-3-7-22-16)9-13-8-14-4-1-2-6-17(14)23-12-13/h1-9H,11-12H2,(H,20,21). The molecule has 0 aliphatic carbocycles. The van der Waals surface area contributed by atoms with Gasteiger partial charge in [-0.2, -0.15) is 5.26 Å². The summed E-state index contributed by atoms with van der Waals surface area (Å²) in [4.78, 5) is 12.1. The van der Waals surface area contributed by atoms with Crippen molar-refractivity contribution in [3.8, 4) is 11.8 Å². The average Bonchev–Trinajstić information content (AvgIpc) is 3.11. The van der Waals surface area contributed by atoms with E-state index in [9.17, 15) is 10.1 Å². The summed E-state index contributed by atoms with van der Waals surface area (Å²) in [6.45, 7) is 0.566. The van der Waals surface area contributed by atoms with E-state index in [2.05, 4.69) is 5.32 Å². The first kappa shape index (κ1) is 14.7. The van der Waals surface area contributed by atoms with Crippen molar-refractivity contribution in [2.24, 2.45) is 0 Å². The topological polar surface area (TPSA) is 75.3 Å². The van der Waals surface area contributed by atoms with Crippen LogP contribution in [0.15, 0.2) is 64.3 Å². The van der Waals surface area contributed by atoms with E-state index in [1.54, 1.807) is 18.2 Å². The zero-order valence-corrected chi connectivity index (χ0v) is 12.3. The summed E-state index contributed by atoms with van der Waals surface area (Å²) in [5.74, 6) is 0.985. The van der Waals surface area contributed by atoms with Crippen LogP contribution in [0.3, 0.4) is 0 Å². The molecule has 1 amide bonds. The van der Waals surface area contributed by atoms with Crippen molar-refractivity contribution in [3.63, 3.8) is 0 Å². The molecule has 5 heteroatoms. The van der Waals surface area contributed by atoms with Crippen LogP contribution in [0.1, 0.15) is 11.3 Å². The molecule has 0 bridgehead atoms. The van der Waals surface area contributed by atoms with Gasteiger partial charge in [0.05, 0.1) is 12.8 Å². The van der Waals surface area contributed by atoms with Gasteiger partial charge in [-0.3, -0.25) is 4.79 Å². The number of carbonyl (C=O) groups excluding carboxylic acids is 1. The van der Waals surface area contributed by atoms with Gasteiger partial charge in [0.25, 0.3) is 5.91 Å². The molecule has 1 aliphatic rings. The van der Waals surface area contributed by atoms with Crippen molar-refractivity contribution in [2.75, 3.05) is 6.61 Å². The molecule has 0 unspecified atom stereocenters. The second kappa shape index (κ2) is 6.67. The van der Waals surface area contributed by atoms with Crippen molar-refractivity contribution in [1.82, 2.24) is 5.32 Å². The van der Waals surface area contributed by atoms with Crippen LogP contribution in [-0.4, -0.2) is 12.5 Å². The highest BCUT2D eigenvalue weighted by molar-refractivity contribution is 5.98. The van der Waals surface area contributed by atoms with Crippen molar-refractivity contribution in [2.45, 2.75) is 6.54 Å². The number of rotatable bonds is 4. The third-order valence-corrected chi connectivity index (χ3v) is 3.35. The van der Waals surface area contributed by atoms with Crippen LogP contribution in [0, 0.1) is 11.3 Å². The molecule has 0 saturated carbocycles. The van der Waals surface area contributed by atoms with Crippen LogP contribution < -0.4 is 10.1 Å². The van der Waals surface area contributed by atoms with Gasteiger partial charge in [-0.15, -0.1) is 0 Å². The maximum Gasteiger partial charge on any atom is 0.262 e. The fraction of sp³-hybridized carbons (Fsp3) is 0.111. The number of amides is 1. The largest absolute Gasteiger partial charge is 0.488 e. The molecule has 1 aromatic carbocycles. The minimum Gasteiger partial charge on any atom is -0.488 e. The summed E-state index contributed by atoms with van der Waals surface area (Å²) in [5.41, 5.74) is 1.73. The Bertz CT molecular complexity index is 811. The lowest BCUT2D eigenvalue weighted by Gasteiger charge is -2.16. The van der Waals surface area contributed by atoms with Gasteiger partial charge in [0, 0.05) is 5.56 Å². The van der Waals surface area contributed by atoms with E-state index in [4.69, 9.17) is 9.15 Å². The van der Waals surface area contributed by atoms with Gasteiger partial charge in [-0.05, 0) is 35.9 Å². The number of benzene rings is 1. The minimum atomic E-state index is -0.441. The Morgan fingerprint density at radius 2 is 2.17 bits per heavy atom. The summed E-state index contributed by atoms with van der Waals surface area (Å²) in [7, 11) is 0. The van der Waals surface area contributed by atoms with E-state index in [0.717, 1.165) is 16.9 Å². The van der Waals surface area contributed by atoms with Crippen LogP contribution in [-0.2, 0) is 11.3 Å². The van der Waals surface area contributed by atoms with Crippen molar-refractivity contribution in [1.29, 1.82) is 5.26 Å². The number of carbonyl (C=O) groups is 1. The number of nitriles is 1. The number of para-hydroxylation sites is 1. The lowest BCUT2D eigenvalue weighted by molar-refractivity contribution is -0.117. The molecule has 1 aliphatic heterocycles. The lowest BCUT2D eigenvalue weighted by atomic mass is 10.1. The maximum absolute atomic E-state index is 12.1. The Morgan fingerprint density at radius 3 is 2.96 bits per heavy atom. The van der Waals surface area contributed by atoms with E-state index in [1.807, 2.05) is 36.4 Å². The SMILES string of the molecule is N#CC(=CC1=Cc2ccccc2OC1)C(=O)NCc1ccco1. The molecule has 23 heavy (non-hydrogen) atoms. The zero-order chi connectivity index (χ0) is 16.1. The van der Waals surface area contributed by atoms with Crippen LogP contribution in [0.5, 0.6) is 5.75 Å². The number of fused-ring (bicyclic) bond motifs is 1. The molecule has 0 saturated heterocycles. The van der Waals surface area contributed by atoms with Gasteiger partial charge in [0.15, 0.2) is 0 Å². The Morgan fingerprint density at radius 1 is 1.30 bits per heavy atom. The predicted octanol–water partition coefficient (Wildman–Crippen LogP) is 2.82. The molecule has 1 N–H and O–H groups in total. The highest BCUT2D eigenvalue weighted by Crippen LogP contribution is 2.26. The third kappa shape index (κ3) is 3.50. The summed E-state index contributed by atoms with van der Waals surface area (Å²) in [6, 6.07) is 13.0. The number of hydrogen-bond donors (Lipinski definition) is 1. The molecule has 0 fully saturated rings. The predicted molar refractivity (Wildman–Crippen MR) is 84.2 cm³/mol. The van der Waals surface area contributed by atoms with E-state index >= 15 is 0 Å². The van der Waals surface area contributed by atoms with E-state index in [-0.39, 0.29) is 12.1 Å². The Balaban J connectivity index is 1.73. The van der Waals surface area contributed by atoms with Crippen molar-refractivity contribution < 1.29 is 13.9 Å². The Hall–Kier alpha value is -3.26. The molecule has 1 aromatic heterocycles. The normalized spacial score (nSPS) is 13.3. The maximum atomic E-state index is 12.1. The van der Waals surface area contributed by atoms with Crippen molar-refractivity contribution >= 4 is 12.0 Å². The molecule has 0 spiro atoms. The summed E-state index contributed by atoms with van der Waals surface area (Å²) >= 11 is 0. The smallest absolute Gasteiger partial charge is 0.262 e. The summed E-state index contributed by atoms with van der Waals surface area (Å²) in [5, 5.41) is 11.9. The fourth-order valence-corrected chi connectivity index (χ4v) is 2.23. The Labute approximate surface area is 133 Å². The second-order valence-electron chi connectivity index (χ2n) is 4.98. The van der Waals surface area contributed by atoms with Gasteiger partial charge in [-0.1, -0.05) is 18.2 Å². The molecule has 3 rings (SSSR count). The molecule has 0 atom stereocenters. The first-order valence-corrected chi connectivity index (χ1v) is 7.11. The van der Waals surface area contributed by atoms with Gasteiger partial charge in [0.1, 0.15) is 29.8 Å². The molecule has 2 heterocycles. The molecular weight excluding hydrogens is 292 g/mol. The monoisotopic (exact) mass is 306 g/mol. The second-order valence-corrected chi connectivity index (χ2v) is 4.98. The van der Waals surface area contributed by atoms with Crippen LogP contribution >= 0.6 is 0 Å². The van der Waals surface area contributed by atoms with Crippen LogP contribution in [0.2, 0.25) is 0 Å². The number of nitrogens with one attached hydrogen (secondary N) is 1. The van der Waals surface area contributed by atoms with Crippen LogP contribution in [0.4, 0.5) is 0 Å². The summed E-state index contributed by atoms with van der Waals surface area (Å²) in [6.07, 6.45) is 4.99. The van der Waals surface area contributed by atoms with E-state index in [1.165, 1.54) is 6.26 Å². The highest BCUT2D eigenvalue weighted by Gasteiger charge is 2.13. The number of nitrogens with zero attached hydrogens (tertiary/aromatic N) is 1. The molecule has 0 radical (unpaired) electrons. The zero-order valence-electron chi connectivity index (χ0n) is 12.3. The van der Waals surface area contributed by atoms with Crippen LogP contribution in [0.25, 0.3) is 6.08 Å². The van der Waals surface area contributed by atoms with E-state index in [0.29, 0.717) is 12.4 Å². The fourth-order valence-electron chi connectivity index (χ4n) is 2.23. The lowest BCUT2D eigenvalue weighted by Crippen LogP contribution is -2.24. The number of ether oxygens (including phenoxy) is 1. The first-order chi connectivity index (χ1) is 11.3. The minimum absolute atomic E-state index is 0.0331. The third-order valence-electron chi connectivity index (χ3n) is 3.35. The first-order valence-electron chi connectivity index (χ1n) is 7.11. The molecule has 2 aromatic rings. The average molecular weight is 306 g/mol. The highest BCUT2D eigenvalue weighted by atomic mass is 16.5. The Kier molecular flexibility index (Phi) is 4.25. The van der Waals surface area contributed by atoms with Gasteiger partial charge in [-0.25, -0.2) is 0 Å². The summed E-state index contributed by atoms with van der Waals surface area (Å²) < 4.78 is 10.7. The molecule has 114 valence electrons. The van der Waals surface area contributed by atoms with Crippen molar-refractivity contribution in [3.05, 3.63) is 71.2 Å². The van der Waals surface area contributed by atoms with Gasteiger partial charge in [0.2, 0.25) is 0 Å². The molecular formula is C18H14N2O3. The van der Waals surface area contributed by atoms with Gasteiger partial charge >= 0.3 is 0 Å². The van der Waals surface area contributed by atoms with Gasteiger partial charge < -0.3 is 14.5 Å². The molecule has 5 nitrogen and oxygen atoms in total. The number of hydrogen-bond acceptors (Lipinski definition) is 4. The quantitative estimate of drug-likeness (QED) is 0.696. The number of furan rings is 1. The van der Waals surface area contributed by atoms with E-state index < -0.39 is 5.91 Å².